The van der Waals surface area contributed by atoms with E-state index in [2.05, 4.69) is 27.7 Å². The van der Waals surface area contributed by atoms with Crippen LogP contribution in [0.2, 0.25) is 0 Å². The maximum Gasteiger partial charge on any atom is 0.305 e. The molecule has 0 atom stereocenters. The maximum absolute atomic E-state index is 11.5. The van der Waals surface area contributed by atoms with Crippen molar-refractivity contribution >= 4 is 5.97 Å². The van der Waals surface area contributed by atoms with Crippen LogP contribution in [0.1, 0.15) is 98.3 Å². The van der Waals surface area contributed by atoms with E-state index < -0.39 is 0 Å². The summed E-state index contributed by atoms with van der Waals surface area (Å²) in [6.45, 7) is 9.68. The van der Waals surface area contributed by atoms with Crippen LogP contribution in [0, 0.1) is 11.8 Å². The largest absolute Gasteiger partial charge is 0.466 e. The van der Waals surface area contributed by atoms with Gasteiger partial charge in [0.15, 0.2) is 0 Å². The number of hydrogen-bond acceptors (Lipinski definition) is 2. The number of hydrogen-bond donors (Lipinski definition) is 0. The predicted molar refractivity (Wildman–Crippen MR) is 91.4 cm³/mol. The van der Waals surface area contributed by atoms with Gasteiger partial charge in [0.1, 0.15) is 0 Å². The highest BCUT2D eigenvalue weighted by atomic mass is 16.5. The number of carbonyl (C=O) groups is 1. The number of ether oxygens (including phenoxy) is 1. The molecule has 0 rings (SSSR count). The molecule has 0 aromatic rings. The van der Waals surface area contributed by atoms with Crippen LogP contribution in [-0.2, 0) is 9.53 Å². The van der Waals surface area contributed by atoms with Crippen LogP contribution in [0.3, 0.4) is 0 Å². The third kappa shape index (κ3) is 17.4. The quantitative estimate of drug-likeness (QED) is 0.285. The normalized spacial score (nSPS) is 11.3. The fourth-order valence-corrected chi connectivity index (χ4v) is 2.44. The highest BCUT2D eigenvalue weighted by Gasteiger charge is 2.03. The van der Waals surface area contributed by atoms with E-state index in [-0.39, 0.29) is 5.97 Å². The lowest BCUT2D eigenvalue weighted by molar-refractivity contribution is -0.143. The molecule has 2 heteroatoms. The zero-order chi connectivity index (χ0) is 15.9. The van der Waals surface area contributed by atoms with E-state index in [4.69, 9.17) is 4.74 Å². The van der Waals surface area contributed by atoms with Crippen molar-refractivity contribution in [3.63, 3.8) is 0 Å². The predicted octanol–water partition coefficient (Wildman–Crippen LogP) is 6.13. The van der Waals surface area contributed by atoms with E-state index in [1.807, 2.05) is 0 Å². The molecular formula is C19H38O2. The van der Waals surface area contributed by atoms with Gasteiger partial charge in [-0.1, -0.05) is 79.1 Å². The van der Waals surface area contributed by atoms with Crippen LogP contribution in [0.5, 0.6) is 0 Å². The van der Waals surface area contributed by atoms with Crippen molar-refractivity contribution in [3.05, 3.63) is 0 Å². The second kappa shape index (κ2) is 14.4. The summed E-state index contributed by atoms with van der Waals surface area (Å²) in [6.07, 6.45) is 12.7. The Morgan fingerprint density at radius 2 is 1.19 bits per heavy atom. The highest BCUT2D eigenvalue weighted by molar-refractivity contribution is 5.69. The standard InChI is InChI=1S/C19H38O2/c1-17(2)13-9-5-6-11-15-19(20)21-16-12-8-7-10-14-18(3)4/h17-18H,5-16H2,1-4H3. The average molecular weight is 299 g/mol. The Balaban J connectivity index is 3.20. The van der Waals surface area contributed by atoms with Crippen LogP contribution in [0.4, 0.5) is 0 Å². The molecule has 0 saturated carbocycles. The third-order valence-electron chi connectivity index (χ3n) is 3.85. The molecule has 0 aromatic heterocycles. The van der Waals surface area contributed by atoms with Crippen LogP contribution < -0.4 is 0 Å². The van der Waals surface area contributed by atoms with Crippen molar-refractivity contribution in [1.29, 1.82) is 0 Å². The van der Waals surface area contributed by atoms with Crippen molar-refractivity contribution in [1.82, 2.24) is 0 Å². The van der Waals surface area contributed by atoms with Gasteiger partial charge in [-0.15, -0.1) is 0 Å². The Morgan fingerprint density at radius 3 is 1.71 bits per heavy atom. The third-order valence-corrected chi connectivity index (χ3v) is 3.85. The second-order valence-corrected chi connectivity index (χ2v) is 7.16. The number of unbranched alkanes of at least 4 members (excludes halogenated alkanes) is 6. The van der Waals surface area contributed by atoms with Gasteiger partial charge in [-0.25, -0.2) is 0 Å². The molecule has 0 aromatic carbocycles. The number of esters is 1. The Hall–Kier alpha value is -0.530. The van der Waals surface area contributed by atoms with E-state index >= 15 is 0 Å². The molecule has 0 bridgehead atoms. The monoisotopic (exact) mass is 298 g/mol. The molecule has 0 amide bonds. The smallest absolute Gasteiger partial charge is 0.305 e. The maximum atomic E-state index is 11.5. The molecule has 126 valence electrons. The Kier molecular flexibility index (Phi) is 14.0. The Labute approximate surface area is 133 Å². The summed E-state index contributed by atoms with van der Waals surface area (Å²) >= 11 is 0. The van der Waals surface area contributed by atoms with Gasteiger partial charge in [0.2, 0.25) is 0 Å². The van der Waals surface area contributed by atoms with Gasteiger partial charge in [-0.3, -0.25) is 4.79 Å². The summed E-state index contributed by atoms with van der Waals surface area (Å²) in [6, 6.07) is 0. The minimum atomic E-state index is 0.000963. The summed E-state index contributed by atoms with van der Waals surface area (Å²) in [7, 11) is 0. The van der Waals surface area contributed by atoms with Crippen LogP contribution >= 0.6 is 0 Å². The molecule has 0 N–H and O–H groups in total. The SMILES string of the molecule is CC(C)CCCCCCOC(=O)CCCCCCC(C)C. The first-order chi connectivity index (χ1) is 10.0. The molecule has 0 aliphatic carbocycles. The van der Waals surface area contributed by atoms with Gasteiger partial charge in [0.25, 0.3) is 0 Å². The van der Waals surface area contributed by atoms with Crippen molar-refractivity contribution in [2.45, 2.75) is 98.3 Å². The molecule has 0 spiro atoms. The van der Waals surface area contributed by atoms with Crippen molar-refractivity contribution < 1.29 is 9.53 Å². The number of carbonyl (C=O) groups excluding carboxylic acids is 1. The molecule has 0 radical (unpaired) electrons. The zero-order valence-corrected chi connectivity index (χ0v) is 15.0. The van der Waals surface area contributed by atoms with Gasteiger partial charge in [-0.2, -0.15) is 0 Å². The van der Waals surface area contributed by atoms with E-state index in [1.165, 1.54) is 44.9 Å². The van der Waals surface area contributed by atoms with Crippen LogP contribution in [-0.4, -0.2) is 12.6 Å². The molecule has 21 heavy (non-hydrogen) atoms. The minimum absolute atomic E-state index is 0.000963. The van der Waals surface area contributed by atoms with Gasteiger partial charge in [0.05, 0.1) is 6.61 Å². The van der Waals surface area contributed by atoms with E-state index in [9.17, 15) is 4.79 Å². The molecule has 0 aliphatic heterocycles. The van der Waals surface area contributed by atoms with Crippen molar-refractivity contribution in [3.8, 4) is 0 Å². The molecule has 0 aliphatic rings. The lowest BCUT2D eigenvalue weighted by Crippen LogP contribution is -2.05. The summed E-state index contributed by atoms with van der Waals surface area (Å²) in [5.41, 5.74) is 0. The molecule has 2 nitrogen and oxygen atoms in total. The fraction of sp³-hybridized carbons (Fsp3) is 0.947. The number of rotatable bonds is 14. The lowest BCUT2D eigenvalue weighted by atomic mass is 10.0. The van der Waals surface area contributed by atoms with E-state index in [1.54, 1.807) is 0 Å². The fourth-order valence-electron chi connectivity index (χ4n) is 2.44. The average Bonchev–Trinajstić information content (AvgIpc) is 2.41. The molecule has 0 heterocycles. The first-order valence-corrected chi connectivity index (χ1v) is 9.18. The lowest BCUT2D eigenvalue weighted by Gasteiger charge is -2.06. The van der Waals surface area contributed by atoms with E-state index in [0.717, 1.165) is 31.1 Å². The van der Waals surface area contributed by atoms with Crippen molar-refractivity contribution in [2.75, 3.05) is 6.61 Å². The van der Waals surface area contributed by atoms with Gasteiger partial charge in [-0.05, 0) is 24.7 Å². The second-order valence-electron chi connectivity index (χ2n) is 7.16. The highest BCUT2D eigenvalue weighted by Crippen LogP contribution is 2.11. The summed E-state index contributed by atoms with van der Waals surface area (Å²) in [5.74, 6) is 1.61. The molecule has 0 unspecified atom stereocenters. The van der Waals surface area contributed by atoms with Crippen LogP contribution in [0.25, 0.3) is 0 Å². The van der Waals surface area contributed by atoms with Gasteiger partial charge < -0.3 is 4.74 Å². The first-order valence-electron chi connectivity index (χ1n) is 9.18. The summed E-state index contributed by atoms with van der Waals surface area (Å²) in [5, 5.41) is 0. The first kappa shape index (κ1) is 20.5. The zero-order valence-electron chi connectivity index (χ0n) is 15.0. The van der Waals surface area contributed by atoms with Crippen LogP contribution in [0.15, 0.2) is 0 Å². The topological polar surface area (TPSA) is 26.3 Å². The molecular weight excluding hydrogens is 260 g/mol. The Morgan fingerprint density at radius 1 is 0.714 bits per heavy atom. The summed E-state index contributed by atoms with van der Waals surface area (Å²) < 4.78 is 5.28. The molecule has 0 saturated heterocycles. The Bertz CT molecular complexity index is 234. The van der Waals surface area contributed by atoms with Gasteiger partial charge in [0, 0.05) is 6.42 Å². The molecule has 0 fully saturated rings. The summed E-state index contributed by atoms with van der Waals surface area (Å²) in [4.78, 5) is 11.5. The van der Waals surface area contributed by atoms with Gasteiger partial charge >= 0.3 is 5.97 Å². The minimum Gasteiger partial charge on any atom is -0.466 e. The van der Waals surface area contributed by atoms with E-state index in [0.29, 0.717) is 13.0 Å². The van der Waals surface area contributed by atoms with Crippen molar-refractivity contribution in [2.24, 2.45) is 11.8 Å².